The van der Waals surface area contributed by atoms with Crippen LogP contribution in [0.2, 0.25) is 0 Å². The van der Waals surface area contributed by atoms with E-state index in [1.807, 2.05) is 18.2 Å². The van der Waals surface area contributed by atoms with Crippen LogP contribution in [0.25, 0.3) is 0 Å². The molecule has 1 atom stereocenters. The number of aromatic amines is 1. The van der Waals surface area contributed by atoms with Crippen LogP contribution < -0.4 is 5.32 Å². The molecule has 0 spiro atoms. The summed E-state index contributed by atoms with van der Waals surface area (Å²) in [6.45, 7) is 2.96. The zero-order chi connectivity index (χ0) is 11.4. The monoisotopic (exact) mass is 279 g/mol. The first-order valence-electron chi connectivity index (χ1n) is 5.23. The van der Waals surface area contributed by atoms with Gasteiger partial charge in [-0.25, -0.2) is 0 Å². The molecule has 2 rings (SSSR count). The molecule has 0 aliphatic carbocycles. The number of benzene rings is 1. The van der Waals surface area contributed by atoms with Gasteiger partial charge in [0.1, 0.15) is 0 Å². The molecular weight excluding hydrogens is 266 g/mol. The average Bonchev–Trinajstić information content (AvgIpc) is 2.79. The predicted molar refractivity (Wildman–Crippen MR) is 68.0 cm³/mol. The predicted octanol–water partition coefficient (Wildman–Crippen LogP) is 3.02. The number of aromatic nitrogens is 2. The minimum absolute atomic E-state index is 0.279. The molecule has 0 aliphatic heterocycles. The molecule has 0 saturated carbocycles. The topological polar surface area (TPSA) is 40.7 Å². The Bertz CT molecular complexity index is 439. The van der Waals surface area contributed by atoms with E-state index in [1.165, 1.54) is 5.56 Å². The number of nitrogens with one attached hydrogen (secondary N) is 2. The molecule has 84 valence electrons. The summed E-state index contributed by atoms with van der Waals surface area (Å²) < 4.78 is 1.11. The first-order valence-corrected chi connectivity index (χ1v) is 6.02. The van der Waals surface area contributed by atoms with Crippen LogP contribution in [0.4, 0.5) is 0 Å². The average molecular weight is 280 g/mol. The summed E-state index contributed by atoms with van der Waals surface area (Å²) in [5.41, 5.74) is 2.37. The third kappa shape index (κ3) is 2.93. The maximum absolute atomic E-state index is 3.94. The van der Waals surface area contributed by atoms with Crippen molar-refractivity contribution in [3.63, 3.8) is 0 Å². The Hall–Kier alpha value is -1.13. The van der Waals surface area contributed by atoms with Crippen molar-refractivity contribution in [2.45, 2.75) is 19.5 Å². The zero-order valence-corrected chi connectivity index (χ0v) is 10.7. The van der Waals surface area contributed by atoms with Crippen molar-refractivity contribution >= 4 is 15.9 Å². The largest absolute Gasteiger partial charge is 0.305 e. The van der Waals surface area contributed by atoms with E-state index in [0.717, 1.165) is 16.7 Å². The lowest BCUT2D eigenvalue weighted by molar-refractivity contribution is 0.560. The minimum Gasteiger partial charge on any atom is -0.305 e. The van der Waals surface area contributed by atoms with Gasteiger partial charge >= 0.3 is 0 Å². The number of hydrogen-bond acceptors (Lipinski definition) is 2. The fourth-order valence-corrected chi connectivity index (χ4v) is 1.98. The quantitative estimate of drug-likeness (QED) is 0.903. The van der Waals surface area contributed by atoms with Crippen molar-refractivity contribution in [2.75, 3.05) is 0 Å². The van der Waals surface area contributed by atoms with E-state index >= 15 is 0 Å². The maximum atomic E-state index is 3.94. The summed E-state index contributed by atoms with van der Waals surface area (Å²) in [6.07, 6.45) is 1.77. The van der Waals surface area contributed by atoms with E-state index in [4.69, 9.17) is 0 Å². The smallest absolute Gasteiger partial charge is 0.0518 e. The zero-order valence-electron chi connectivity index (χ0n) is 9.07. The highest BCUT2D eigenvalue weighted by Gasteiger charge is 2.05. The standard InChI is InChI=1S/C12H14BrN3/c1-9(12-5-6-15-16-12)14-8-10-3-2-4-11(13)7-10/h2-7,9,14H,8H2,1H3,(H,15,16). The summed E-state index contributed by atoms with van der Waals surface area (Å²) >= 11 is 3.46. The normalized spacial score (nSPS) is 12.6. The Labute approximate surface area is 103 Å². The minimum atomic E-state index is 0.279. The summed E-state index contributed by atoms with van der Waals surface area (Å²) in [6, 6.07) is 10.6. The Morgan fingerprint density at radius 3 is 3.00 bits per heavy atom. The lowest BCUT2D eigenvalue weighted by Crippen LogP contribution is -2.18. The van der Waals surface area contributed by atoms with E-state index in [2.05, 4.69) is 50.5 Å². The highest BCUT2D eigenvalue weighted by molar-refractivity contribution is 9.10. The second-order valence-electron chi connectivity index (χ2n) is 3.74. The molecule has 1 unspecified atom stereocenters. The molecule has 16 heavy (non-hydrogen) atoms. The van der Waals surface area contributed by atoms with Gasteiger partial charge < -0.3 is 5.32 Å². The van der Waals surface area contributed by atoms with E-state index in [0.29, 0.717) is 0 Å². The number of halogens is 1. The van der Waals surface area contributed by atoms with Gasteiger partial charge in [-0.05, 0) is 30.7 Å². The highest BCUT2D eigenvalue weighted by atomic mass is 79.9. The molecule has 4 heteroatoms. The Kier molecular flexibility index (Phi) is 3.74. The van der Waals surface area contributed by atoms with Gasteiger partial charge in [0, 0.05) is 23.3 Å². The van der Waals surface area contributed by atoms with Crippen LogP contribution in [-0.4, -0.2) is 10.2 Å². The first kappa shape index (κ1) is 11.4. The van der Waals surface area contributed by atoms with Gasteiger partial charge in [-0.15, -0.1) is 0 Å². The second-order valence-corrected chi connectivity index (χ2v) is 4.66. The third-order valence-electron chi connectivity index (χ3n) is 2.49. The molecule has 2 N–H and O–H groups in total. The van der Waals surface area contributed by atoms with Crippen molar-refractivity contribution in [3.05, 3.63) is 52.3 Å². The Morgan fingerprint density at radius 2 is 2.31 bits per heavy atom. The molecule has 0 fully saturated rings. The molecule has 1 aromatic carbocycles. The van der Waals surface area contributed by atoms with Gasteiger partial charge in [-0.1, -0.05) is 28.1 Å². The van der Waals surface area contributed by atoms with Crippen LogP contribution in [0.15, 0.2) is 41.0 Å². The van der Waals surface area contributed by atoms with Gasteiger partial charge in [0.05, 0.1) is 5.69 Å². The lowest BCUT2D eigenvalue weighted by atomic mass is 10.2. The van der Waals surface area contributed by atoms with Crippen molar-refractivity contribution in [1.29, 1.82) is 0 Å². The summed E-state index contributed by atoms with van der Waals surface area (Å²) in [5.74, 6) is 0. The van der Waals surface area contributed by atoms with E-state index in [9.17, 15) is 0 Å². The Balaban J connectivity index is 1.92. The summed E-state index contributed by atoms with van der Waals surface area (Å²) in [4.78, 5) is 0. The van der Waals surface area contributed by atoms with Crippen LogP contribution in [0.3, 0.4) is 0 Å². The van der Waals surface area contributed by atoms with E-state index in [-0.39, 0.29) is 6.04 Å². The van der Waals surface area contributed by atoms with Crippen LogP contribution >= 0.6 is 15.9 Å². The fraction of sp³-hybridized carbons (Fsp3) is 0.250. The van der Waals surface area contributed by atoms with Gasteiger partial charge in [0.25, 0.3) is 0 Å². The lowest BCUT2D eigenvalue weighted by Gasteiger charge is -2.11. The van der Waals surface area contributed by atoms with Gasteiger partial charge in [0.2, 0.25) is 0 Å². The Morgan fingerprint density at radius 1 is 1.44 bits per heavy atom. The second kappa shape index (κ2) is 5.27. The molecule has 2 aromatic rings. The number of H-pyrrole nitrogens is 1. The first-order chi connectivity index (χ1) is 7.75. The SMILES string of the molecule is CC(NCc1cccc(Br)c1)c1ccn[nH]1. The van der Waals surface area contributed by atoms with Gasteiger partial charge in [-0.3, -0.25) is 5.10 Å². The summed E-state index contributed by atoms with van der Waals surface area (Å²) in [5, 5.41) is 10.3. The van der Waals surface area contributed by atoms with Crippen molar-refractivity contribution in [2.24, 2.45) is 0 Å². The molecule has 0 saturated heterocycles. The highest BCUT2D eigenvalue weighted by Crippen LogP contribution is 2.13. The van der Waals surface area contributed by atoms with E-state index < -0.39 is 0 Å². The molecule has 3 nitrogen and oxygen atoms in total. The summed E-state index contributed by atoms with van der Waals surface area (Å²) in [7, 11) is 0. The van der Waals surface area contributed by atoms with Crippen molar-refractivity contribution < 1.29 is 0 Å². The number of nitrogens with zero attached hydrogens (tertiary/aromatic N) is 1. The van der Waals surface area contributed by atoms with Gasteiger partial charge in [-0.2, -0.15) is 5.10 Å². The number of hydrogen-bond donors (Lipinski definition) is 2. The fourth-order valence-electron chi connectivity index (χ4n) is 1.54. The molecular formula is C12H14BrN3. The molecule has 0 amide bonds. The van der Waals surface area contributed by atoms with Crippen molar-refractivity contribution in [1.82, 2.24) is 15.5 Å². The van der Waals surface area contributed by atoms with Gasteiger partial charge in [0.15, 0.2) is 0 Å². The maximum Gasteiger partial charge on any atom is 0.0518 e. The number of rotatable bonds is 4. The van der Waals surface area contributed by atoms with Crippen LogP contribution in [0, 0.1) is 0 Å². The third-order valence-corrected chi connectivity index (χ3v) is 2.98. The van der Waals surface area contributed by atoms with Crippen molar-refractivity contribution in [3.8, 4) is 0 Å². The van der Waals surface area contributed by atoms with Crippen LogP contribution in [0.1, 0.15) is 24.2 Å². The van der Waals surface area contributed by atoms with Crippen LogP contribution in [-0.2, 0) is 6.54 Å². The molecule has 1 aromatic heterocycles. The molecule has 0 aliphatic rings. The molecule has 0 radical (unpaired) electrons. The molecule has 1 heterocycles. The van der Waals surface area contributed by atoms with Crippen LogP contribution in [0.5, 0.6) is 0 Å². The van der Waals surface area contributed by atoms with E-state index in [1.54, 1.807) is 6.20 Å². The molecule has 0 bridgehead atoms.